The van der Waals surface area contributed by atoms with E-state index in [0.717, 1.165) is 23.6 Å². The summed E-state index contributed by atoms with van der Waals surface area (Å²) in [5, 5.41) is 2.04. The zero-order valence-electron chi connectivity index (χ0n) is 15.1. The number of primary amides is 1. The molecule has 1 fully saturated rings. The molecule has 2 N–H and O–H groups in total. The Balaban J connectivity index is 1.41. The van der Waals surface area contributed by atoms with E-state index < -0.39 is 5.97 Å². The van der Waals surface area contributed by atoms with E-state index in [1.54, 1.807) is 11.0 Å². The first-order chi connectivity index (χ1) is 13.0. The Morgan fingerprint density at radius 3 is 2.44 bits per heavy atom. The van der Waals surface area contributed by atoms with E-state index in [2.05, 4.69) is 6.07 Å². The van der Waals surface area contributed by atoms with E-state index in [4.69, 9.17) is 10.5 Å². The zero-order chi connectivity index (χ0) is 19.0. The van der Waals surface area contributed by atoms with Gasteiger partial charge in [0.05, 0.1) is 5.56 Å². The summed E-state index contributed by atoms with van der Waals surface area (Å²) in [6.45, 7) is 0.638. The number of carbonyl (C=O) groups is 3. The highest BCUT2D eigenvalue weighted by Gasteiger charge is 2.27. The van der Waals surface area contributed by atoms with Crippen LogP contribution in [0.2, 0.25) is 0 Å². The number of benzene rings is 2. The second kappa shape index (κ2) is 7.02. The van der Waals surface area contributed by atoms with Gasteiger partial charge in [0.1, 0.15) is 0 Å². The van der Waals surface area contributed by atoms with Crippen LogP contribution >= 0.6 is 0 Å². The zero-order valence-corrected chi connectivity index (χ0v) is 15.1. The van der Waals surface area contributed by atoms with Crippen molar-refractivity contribution in [2.45, 2.75) is 25.7 Å². The maximum Gasteiger partial charge on any atom is 0.339 e. The van der Waals surface area contributed by atoms with Gasteiger partial charge in [-0.1, -0.05) is 24.3 Å². The van der Waals surface area contributed by atoms with Crippen molar-refractivity contribution in [3.63, 3.8) is 0 Å². The number of hydrogen-bond donors (Lipinski definition) is 1. The third-order valence-corrected chi connectivity index (χ3v) is 5.67. The maximum atomic E-state index is 12.6. The molecule has 0 saturated carbocycles. The van der Waals surface area contributed by atoms with Crippen LogP contribution in [-0.4, -0.2) is 42.4 Å². The SMILES string of the molecule is NC(=O)C1CCN(C(=O)COC(=O)c2ccc3c4c(cccc24)CC3)CC1. The molecule has 1 saturated heterocycles. The average Bonchev–Trinajstić information content (AvgIpc) is 3.11. The number of piperidine rings is 1. The molecule has 1 aliphatic carbocycles. The lowest BCUT2D eigenvalue weighted by Crippen LogP contribution is -2.43. The van der Waals surface area contributed by atoms with Gasteiger partial charge in [-0.15, -0.1) is 0 Å². The van der Waals surface area contributed by atoms with E-state index in [0.29, 0.717) is 31.5 Å². The van der Waals surface area contributed by atoms with Crippen LogP contribution in [0.3, 0.4) is 0 Å². The van der Waals surface area contributed by atoms with Gasteiger partial charge in [-0.3, -0.25) is 9.59 Å². The first kappa shape index (κ1) is 17.5. The molecular formula is C21H22N2O4. The lowest BCUT2D eigenvalue weighted by Gasteiger charge is -2.30. The van der Waals surface area contributed by atoms with Gasteiger partial charge in [0.25, 0.3) is 5.91 Å². The minimum absolute atomic E-state index is 0.176. The standard InChI is InChI=1S/C21H22N2O4/c22-20(25)15-8-10-23(11-9-15)18(24)12-27-21(26)17-7-6-14-5-4-13-2-1-3-16(17)19(13)14/h1-3,6-7,15H,4-5,8-12H2,(H2,22,25). The molecule has 1 aliphatic heterocycles. The fraction of sp³-hybridized carbons (Fsp3) is 0.381. The quantitative estimate of drug-likeness (QED) is 0.836. The molecule has 2 aliphatic rings. The van der Waals surface area contributed by atoms with Crippen molar-refractivity contribution in [2.75, 3.05) is 19.7 Å². The van der Waals surface area contributed by atoms with Crippen molar-refractivity contribution in [2.24, 2.45) is 11.7 Å². The van der Waals surface area contributed by atoms with Gasteiger partial charge >= 0.3 is 5.97 Å². The van der Waals surface area contributed by atoms with Gasteiger partial charge < -0.3 is 15.4 Å². The Morgan fingerprint density at radius 2 is 1.74 bits per heavy atom. The topological polar surface area (TPSA) is 89.7 Å². The molecule has 6 nitrogen and oxygen atoms in total. The Kier molecular flexibility index (Phi) is 4.56. The van der Waals surface area contributed by atoms with E-state index in [9.17, 15) is 14.4 Å². The largest absolute Gasteiger partial charge is 0.452 e. The normalized spacial score (nSPS) is 16.5. The second-order valence-electron chi connectivity index (χ2n) is 7.25. The van der Waals surface area contributed by atoms with E-state index in [1.807, 2.05) is 18.2 Å². The molecular weight excluding hydrogens is 344 g/mol. The van der Waals surface area contributed by atoms with Gasteiger partial charge in [-0.2, -0.15) is 0 Å². The summed E-state index contributed by atoms with van der Waals surface area (Å²) in [7, 11) is 0. The molecule has 27 heavy (non-hydrogen) atoms. The number of hydrogen-bond acceptors (Lipinski definition) is 4. The molecule has 4 rings (SSSR count). The summed E-state index contributed by atoms with van der Waals surface area (Å²) in [5.41, 5.74) is 8.32. The summed E-state index contributed by atoms with van der Waals surface area (Å²) in [6.07, 6.45) is 3.10. The van der Waals surface area contributed by atoms with Crippen LogP contribution in [-0.2, 0) is 27.2 Å². The summed E-state index contributed by atoms with van der Waals surface area (Å²) in [4.78, 5) is 37.7. The number of ether oxygens (including phenoxy) is 1. The van der Waals surface area contributed by atoms with Crippen LogP contribution in [0.5, 0.6) is 0 Å². The Bertz CT molecular complexity index is 919. The van der Waals surface area contributed by atoms with Gasteiger partial charge in [-0.25, -0.2) is 4.79 Å². The fourth-order valence-electron chi connectivity index (χ4n) is 4.13. The number of nitrogens with zero attached hydrogens (tertiary/aromatic N) is 1. The fourth-order valence-corrected chi connectivity index (χ4v) is 4.13. The molecule has 0 radical (unpaired) electrons. The molecule has 0 bridgehead atoms. The Morgan fingerprint density at radius 1 is 1.04 bits per heavy atom. The molecule has 1 heterocycles. The first-order valence-corrected chi connectivity index (χ1v) is 9.32. The molecule has 0 spiro atoms. The van der Waals surface area contributed by atoms with Crippen molar-refractivity contribution < 1.29 is 19.1 Å². The van der Waals surface area contributed by atoms with Crippen molar-refractivity contribution >= 4 is 28.6 Å². The van der Waals surface area contributed by atoms with E-state index in [-0.39, 0.29) is 24.3 Å². The number of nitrogens with two attached hydrogens (primary N) is 1. The smallest absolute Gasteiger partial charge is 0.339 e. The van der Waals surface area contributed by atoms with Crippen molar-refractivity contribution in [3.8, 4) is 0 Å². The van der Waals surface area contributed by atoms with Crippen molar-refractivity contribution in [3.05, 3.63) is 47.0 Å². The van der Waals surface area contributed by atoms with Crippen molar-refractivity contribution in [1.82, 2.24) is 4.90 Å². The number of rotatable bonds is 4. The number of carbonyl (C=O) groups excluding carboxylic acids is 3. The van der Waals surface area contributed by atoms with Crippen LogP contribution in [0.4, 0.5) is 0 Å². The summed E-state index contributed by atoms with van der Waals surface area (Å²) in [6, 6.07) is 9.75. The predicted molar refractivity (Wildman–Crippen MR) is 100 cm³/mol. The van der Waals surface area contributed by atoms with E-state index >= 15 is 0 Å². The minimum Gasteiger partial charge on any atom is -0.452 e. The maximum absolute atomic E-state index is 12.6. The molecule has 0 atom stereocenters. The van der Waals surface area contributed by atoms with Crippen LogP contribution in [0.25, 0.3) is 10.8 Å². The highest BCUT2D eigenvalue weighted by Crippen LogP contribution is 2.33. The lowest BCUT2D eigenvalue weighted by molar-refractivity contribution is -0.137. The summed E-state index contributed by atoms with van der Waals surface area (Å²) < 4.78 is 5.30. The highest BCUT2D eigenvalue weighted by atomic mass is 16.5. The Hall–Kier alpha value is -2.89. The second-order valence-corrected chi connectivity index (χ2v) is 7.25. The predicted octanol–water partition coefficient (Wildman–Crippen LogP) is 1.82. The third kappa shape index (κ3) is 3.27. The van der Waals surface area contributed by atoms with Crippen LogP contribution in [0.15, 0.2) is 30.3 Å². The number of likely N-dealkylation sites (tertiary alicyclic amines) is 1. The van der Waals surface area contributed by atoms with Gasteiger partial charge in [0.15, 0.2) is 6.61 Å². The van der Waals surface area contributed by atoms with Crippen molar-refractivity contribution in [1.29, 1.82) is 0 Å². The molecule has 0 aromatic heterocycles. The summed E-state index contributed by atoms with van der Waals surface area (Å²) >= 11 is 0. The van der Waals surface area contributed by atoms with Crippen LogP contribution in [0, 0.1) is 5.92 Å². The Labute approximate surface area is 157 Å². The minimum atomic E-state index is -0.481. The van der Waals surface area contributed by atoms with Gasteiger partial charge in [-0.05, 0) is 53.6 Å². The third-order valence-electron chi connectivity index (χ3n) is 5.67. The summed E-state index contributed by atoms with van der Waals surface area (Å²) in [5.74, 6) is -1.21. The molecule has 6 heteroatoms. The van der Waals surface area contributed by atoms with Crippen LogP contribution < -0.4 is 5.73 Å². The first-order valence-electron chi connectivity index (χ1n) is 9.32. The van der Waals surface area contributed by atoms with Gasteiger partial charge in [0, 0.05) is 19.0 Å². The number of amides is 2. The lowest BCUT2D eigenvalue weighted by atomic mass is 9.96. The molecule has 0 unspecified atom stereocenters. The molecule has 2 amide bonds. The monoisotopic (exact) mass is 366 g/mol. The average molecular weight is 366 g/mol. The number of esters is 1. The molecule has 2 aromatic rings. The van der Waals surface area contributed by atoms with Crippen LogP contribution in [0.1, 0.15) is 34.3 Å². The van der Waals surface area contributed by atoms with E-state index in [1.165, 1.54) is 11.1 Å². The highest BCUT2D eigenvalue weighted by molar-refractivity contribution is 6.07. The van der Waals surface area contributed by atoms with Gasteiger partial charge in [0.2, 0.25) is 5.91 Å². The number of aryl methyl sites for hydroxylation is 2. The molecule has 140 valence electrons. The molecule has 2 aromatic carbocycles.